The second-order valence-electron chi connectivity index (χ2n) is 6.14. The average molecular weight is 320 g/mol. The summed E-state index contributed by atoms with van der Waals surface area (Å²) in [5, 5.41) is 11.8. The number of amides is 1. The van der Waals surface area contributed by atoms with Crippen LogP contribution in [-0.4, -0.2) is 49.3 Å². The van der Waals surface area contributed by atoms with E-state index in [2.05, 4.69) is 10.2 Å². The lowest BCUT2D eigenvalue weighted by Crippen LogP contribution is -2.41. The first kappa shape index (κ1) is 17.3. The molecule has 1 aliphatic rings. The SMILES string of the molecule is CC(C)C[C@H](NC(=O)c1ccc(N2CCOCC2)cc1)C(=O)O. The molecule has 1 saturated heterocycles. The molecule has 6 heteroatoms. The van der Waals surface area contributed by atoms with Gasteiger partial charge in [0.1, 0.15) is 6.04 Å². The molecule has 23 heavy (non-hydrogen) atoms. The predicted octanol–water partition coefficient (Wildman–Crippen LogP) is 1.75. The number of hydrogen-bond acceptors (Lipinski definition) is 4. The van der Waals surface area contributed by atoms with Crippen LogP contribution in [0.25, 0.3) is 0 Å². The third kappa shape index (κ3) is 4.96. The van der Waals surface area contributed by atoms with Crippen LogP contribution in [0.4, 0.5) is 5.69 Å². The van der Waals surface area contributed by atoms with Gasteiger partial charge in [0.25, 0.3) is 5.91 Å². The van der Waals surface area contributed by atoms with Crippen molar-refractivity contribution < 1.29 is 19.4 Å². The number of hydrogen-bond donors (Lipinski definition) is 2. The Bertz CT molecular complexity index is 536. The molecule has 1 fully saturated rings. The Morgan fingerprint density at radius 1 is 1.22 bits per heavy atom. The van der Waals surface area contributed by atoms with Crippen LogP contribution in [0.5, 0.6) is 0 Å². The Balaban J connectivity index is 2.00. The number of nitrogens with one attached hydrogen (secondary N) is 1. The monoisotopic (exact) mass is 320 g/mol. The molecule has 1 aromatic carbocycles. The molecule has 2 rings (SSSR count). The summed E-state index contributed by atoms with van der Waals surface area (Å²) in [6.45, 7) is 6.94. The maximum atomic E-state index is 12.2. The van der Waals surface area contributed by atoms with Crippen molar-refractivity contribution in [2.75, 3.05) is 31.2 Å². The smallest absolute Gasteiger partial charge is 0.326 e. The highest BCUT2D eigenvalue weighted by Crippen LogP contribution is 2.17. The summed E-state index contributed by atoms with van der Waals surface area (Å²) in [6.07, 6.45) is 0.410. The largest absolute Gasteiger partial charge is 0.480 e. The van der Waals surface area contributed by atoms with Crippen molar-refractivity contribution >= 4 is 17.6 Å². The number of anilines is 1. The summed E-state index contributed by atoms with van der Waals surface area (Å²) < 4.78 is 5.32. The summed E-state index contributed by atoms with van der Waals surface area (Å²) in [6, 6.07) is 6.38. The molecule has 1 aromatic rings. The van der Waals surface area contributed by atoms with Crippen molar-refractivity contribution in [3.63, 3.8) is 0 Å². The van der Waals surface area contributed by atoms with Crippen LogP contribution in [0, 0.1) is 5.92 Å². The van der Waals surface area contributed by atoms with Gasteiger partial charge in [-0.3, -0.25) is 4.79 Å². The van der Waals surface area contributed by atoms with Gasteiger partial charge in [0, 0.05) is 24.3 Å². The van der Waals surface area contributed by atoms with Crippen molar-refractivity contribution in [1.82, 2.24) is 5.32 Å². The van der Waals surface area contributed by atoms with Crippen LogP contribution >= 0.6 is 0 Å². The highest BCUT2D eigenvalue weighted by molar-refractivity contribution is 5.96. The fourth-order valence-corrected chi connectivity index (χ4v) is 2.58. The molecule has 6 nitrogen and oxygen atoms in total. The Kier molecular flexibility index (Phi) is 5.98. The minimum Gasteiger partial charge on any atom is -0.480 e. The topological polar surface area (TPSA) is 78.9 Å². The standard InChI is InChI=1S/C17H24N2O4/c1-12(2)11-15(17(21)22)18-16(20)13-3-5-14(6-4-13)19-7-9-23-10-8-19/h3-6,12,15H,7-11H2,1-2H3,(H,18,20)(H,21,22)/t15-/m0/s1. The number of nitrogens with zero attached hydrogens (tertiary/aromatic N) is 1. The minimum atomic E-state index is -1.00. The maximum absolute atomic E-state index is 12.2. The molecule has 0 bridgehead atoms. The Hall–Kier alpha value is -2.08. The first-order valence-corrected chi connectivity index (χ1v) is 7.94. The highest BCUT2D eigenvalue weighted by atomic mass is 16.5. The van der Waals surface area contributed by atoms with Gasteiger partial charge in [-0.25, -0.2) is 4.79 Å². The Labute approximate surface area is 136 Å². The van der Waals surface area contributed by atoms with Crippen molar-refractivity contribution in [1.29, 1.82) is 0 Å². The Morgan fingerprint density at radius 3 is 2.35 bits per heavy atom. The maximum Gasteiger partial charge on any atom is 0.326 e. The summed E-state index contributed by atoms with van der Waals surface area (Å²) in [7, 11) is 0. The van der Waals surface area contributed by atoms with Gasteiger partial charge < -0.3 is 20.1 Å². The second kappa shape index (κ2) is 7.97. The first-order chi connectivity index (χ1) is 11.0. The van der Waals surface area contributed by atoms with Gasteiger partial charge in [-0.2, -0.15) is 0 Å². The lowest BCUT2D eigenvalue weighted by Gasteiger charge is -2.28. The molecule has 1 atom stereocenters. The molecule has 1 aliphatic heterocycles. The zero-order valence-electron chi connectivity index (χ0n) is 13.6. The van der Waals surface area contributed by atoms with E-state index in [1.54, 1.807) is 12.1 Å². The van der Waals surface area contributed by atoms with E-state index >= 15 is 0 Å². The first-order valence-electron chi connectivity index (χ1n) is 7.94. The van der Waals surface area contributed by atoms with E-state index in [1.807, 2.05) is 26.0 Å². The molecule has 126 valence electrons. The average Bonchev–Trinajstić information content (AvgIpc) is 2.54. The fourth-order valence-electron chi connectivity index (χ4n) is 2.58. The number of carbonyl (C=O) groups excluding carboxylic acids is 1. The molecule has 1 heterocycles. The highest BCUT2D eigenvalue weighted by Gasteiger charge is 2.21. The lowest BCUT2D eigenvalue weighted by atomic mass is 10.0. The second-order valence-corrected chi connectivity index (χ2v) is 6.14. The van der Waals surface area contributed by atoms with Gasteiger partial charge in [-0.15, -0.1) is 0 Å². The number of carboxylic acid groups (broad SMARTS) is 1. The van der Waals surface area contributed by atoms with E-state index in [-0.39, 0.29) is 11.8 Å². The van der Waals surface area contributed by atoms with E-state index in [0.29, 0.717) is 25.2 Å². The van der Waals surface area contributed by atoms with E-state index in [0.717, 1.165) is 18.8 Å². The zero-order valence-corrected chi connectivity index (χ0v) is 13.6. The van der Waals surface area contributed by atoms with Crippen LogP contribution in [0.15, 0.2) is 24.3 Å². The van der Waals surface area contributed by atoms with Crippen molar-refractivity contribution in [2.45, 2.75) is 26.3 Å². The predicted molar refractivity (Wildman–Crippen MR) is 87.8 cm³/mol. The summed E-state index contributed by atoms with van der Waals surface area (Å²) in [5.74, 6) is -1.16. The third-order valence-corrected chi connectivity index (χ3v) is 3.82. The molecule has 0 aliphatic carbocycles. The van der Waals surface area contributed by atoms with Crippen molar-refractivity contribution in [3.8, 4) is 0 Å². The molecule has 0 saturated carbocycles. The quantitative estimate of drug-likeness (QED) is 0.835. The normalized spacial score (nSPS) is 16.2. The van der Waals surface area contributed by atoms with Crippen LogP contribution in [0.3, 0.4) is 0 Å². The van der Waals surface area contributed by atoms with Crippen LogP contribution in [0.2, 0.25) is 0 Å². The number of morpholine rings is 1. The van der Waals surface area contributed by atoms with Gasteiger partial charge in [-0.1, -0.05) is 13.8 Å². The number of carboxylic acids is 1. The Morgan fingerprint density at radius 2 is 1.83 bits per heavy atom. The number of benzene rings is 1. The number of ether oxygens (including phenoxy) is 1. The molecule has 0 spiro atoms. The van der Waals surface area contributed by atoms with E-state index in [1.165, 1.54) is 0 Å². The molecule has 0 unspecified atom stereocenters. The van der Waals surface area contributed by atoms with Crippen LogP contribution < -0.4 is 10.2 Å². The summed E-state index contributed by atoms with van der Waals surface area (Å²) in [4.78, 5) is 25.6. The molecule has 1 amide bonds. The summed E-state index contributed by atoms with van der Waals surface area (Å²) in [5.41, 5.74) is 1.51. The van der Waals surface area contributed by atoms with Gasteiger partial charge in [-0.05, 0) is 36.6 Å². The molecular formula is C17H24N2O4. The fraction of sp³-hybridized carbons (Fsp3) is 0.529. The number of carbonyl (C=O) groups is 2. The van der Waals surface area contributed by atoms with Gasteiger partial charge in [0.15, 0.2) is 0 Å². The molecular weight excluding hydrogens is 296 g/mol. The minimum absolute atomic E-state index is 0.195. The van der Waals surface area contributed by atoms with Crippen LogP contribution in [-0.2, 0) is 9.53 Å². The molecule has 2 N–H and O–H groups in total. The number of rotatable bonds is 6. The van der Waals surface area contributed by atoms with Crippen molar-refractivity contribution in [3.05, 3.63) is 29.8 Å². The lowest BCUT2D eigenvalue weighted by molar-refractivity contribution is -0.139. The van der Waals surface area contributed by atoms with E-state index < -0.39 is 12.0 Å². The van der Waals surface area contributed by atoms with E-state index in [9.17, 15) is 14.7 Å². The van der Waals surface area contributed by atoms with Gasteiger partial charge in [0.2, 0.25) is 0 Å². The van der Waals surface area contributed by atoms with Gasteiger partial charge in [0.05, 0.1) is 13.2 Å². The van der Waals surface area contributed by atoms with Gasteiger partial charge >= 0.3 is 5.97 Å². The summed E-state index contributed by atoms with van der Waals surface area (Å²) >= 11 is 0. The van der Waals surface area contributed by atoms with E-state index in [4.69, 9.17) is 4.74 Å². The number of aliphatic carboxylic acids is 1. The molecule has 0 aromatic heterocycles. The third-order valence-electron chi connectivity index (χ3n) is 3.82. The molecule has 0 radical (unpaired) electrons. The zero-order chi connectivity index (χ0) is 16.8. The van der Waals surface area contributed by atoms with Crippen LogP contribution in [0.1, 0.15) is 30.6 Å². The van der Waals surface area contributed by atoms with Crippen molar-refractivity contribution in [2.24, 2.45) is 5.92 Å².